The Morgan fingerprint density at radius 3 is 2.50 bits per heavy atom. The Morgan fingerprint density at radius 2 is 1.84 bits per heavy atom. The van der Waals surface area contributed by atoms with Crippen molar-refractivity contribution in [2.24, 2.45) is 27.3 Å². The molecule has 4 aliphatic carbocycles. The van der Waals surface area contributed by atoms with Crippen LogP contribution in [-0.2, 0) is 4.79 Å². The van der Waals surface area contributed by atoms with E-state index in [-0.39, 0.29) is 11.3 Å². The van der Waals surface area contributed by atoms with Gasteiger partial charge in [-0.2, -0.15) is 5.10 Å². The van der Waals surface area contributed by atoms with Crippen molar-refractivity contribution in [2.75, 3.05) is 13.7 Å². The van der Waals surface area contributed by atoms with Crippen LogP contribution in [0.1, 0.15) is 90.5 Å². The highest BCUT2D eigenvalue weighted by atomic mass is 16.5. The van der Waals surface area contributed by atoms with Crippen LogP contribution in [0, 0.1) is 22.2 Å². The molecule has 32 heavy (non-hydrogen) atoms. The van der Waals surface area contributed by atoms with E-state index in [9.17, 15) is 4.79 Å². The molecule has 5 rings (SSSR count). The molecular weight excluding hydrogens is 400 g/mol. The molecule has 0 heterocycles. The maximum Gasteiger partial charge on any atom is 0.246 e. The number of unbranched alkanes of at least 4 members (excludes halogenated alkanes) is 3. The molecule has 2 atom stereocenters. The summed E-state index contributed by atoms with van der Waals surface area (Å²) in [6, 6.07) is 5.78. The van der Waals surface area contributed by atoms with Crippen LogP contribution in [0.2, 0.25) is 0 Å². The molecule has 4 aliphatic rings. The first-order valence-electron chi connectivity index (χ1n) is 12.4. The quantitative estimate of drug-likeness (QED) is 0.272. The molecule has 4 saturated carbocycles. The smallest absolute Gasteiger partial charge is 0.246 e. The number of amides is 1. The SMILES string of the molecule is CCCCCCOc1ccc(/C=N/NC(=O)C23CC4CC(C)(CC(C)(C4)C2)C3)cc1OC. The summed E-state index contributed by atoms with van der Waals surface area (Å²) in [4.78, 5) is 13.3. The molecule has 0 spiro atoms. The lowest BCUT2D eigenvalue weighted by Gasteiger charge is -2.64. The molecule has 4 fully saturated rings. The van der Waals surface area contributed by atoms with Gasteiger partial charge in [0.15, 0.2) is 11.5 Å². The number of nitrogens with zero attached hydrogens (tertiary/aromatic N) is 1. The summed E-state index contributed by atoms with van der Waals surface area (Å²) < 4.78 is 11.4. The summed E-state index contributed by atoms with van der Waals surface area (Å²) in [6.07, 6.45) is 13.3. The van der Waals surface area contributed by atoms with Gasteiger partial charge in [-0.1, -0.05) is 40.0 Å². The molecule has 4 bridgehead atoms. The number of carbonyl (C=O) groups is 1. The van der Waals surface area contributed by atoms with Crippen LogP contribution in [0.25, 0.3) is 0 Å². The van der Waals surface area contributed by atoms with Gasteiger partial charge in [-0.3, -0.25) is 4.79 Å². The van der Waals surface area contributed by atoms with Crippen molar-refractivity contribution >= 4 is 12.1 Å². The molecule has 1 aromatic rings. The Balaban J connectivity index is 1.36. The van der Waals surface area contributed by atoms with E-state index in [1.807, 2.05) is 18.2 Å². The largest absolute Gasteiger partial charge is 0.493 e. The van der Waals surface area contributed by atoms with Crippen LogP contribution in [0.15, 0.2) is 23.3 Å². The highest BCUT2D eigenvalue weighted by Gasteiger charge is 2.62. The Hall–Kier alpha value is -2.04. The van der Waals surface area contributed by atoms with Gasteiger partial charge in [-0.15, -0.1) is 0 Å². The summed E-state index contributed by atoms with van der Waals surface area (Å²) in [5.74, 6) is 2.24. The lowest BCUT2D eigenvalue weighted by atomic mass is 9.40. The van der Waals surface area contributed by atoms with E-state index >= 15 is 0 Å². The number of hydrogen-bond donors (Lipinski definition) is 1. The number of hydrogen-bond acceptors (Lipinski definition) is 4. The zero-order valence-corrected chi connectivity index (χ0v) is 20.3. The first-order valence-corrected chi connectivity index (χ1v) is 12.4. The number of rotatable bonds is 10. The highest BCUT2D eigenvalue weighted by Crippen LogP contribution is 2.69. The molecule has 1 aromatic carbocycles. The Morgan fingerprint density at radius 1 is 1.09 bits per heavy atom. The van der Waals surface area contributed by atoms with Crippen LogP contribution in [-0.4, -0.2) is 25.8 Å². The van der Waals surface area contributed by atoms with E-state index in [1.54, 1.807) is 13.3 Å². The van der Waals surface area contributed by atoms with Crippen molar-refractivity contribution in [3.8, 4) is 11.5 Å². The minimum atomic E-state index is -0.243. The maximum atomic E-state index is 13.3. The van der Waals surface area contributed by atoms with Crippen molar-refractivity contribution in [3.05, 3.63) is 23.8 Å². The van der Waals surface area contributed by atoms with Gasteiger partial charge in [-0.05, 0) is 85.5 Å². The second kappa shape index (κ2) is 9.07. The third-order valence-corrected chi connectivity index (χ3v) is 7.93. The lowest BCUT2D eigenvalue weighted by Crippen LogP contribution is -2.59. The normalized spacial score (nSPS) is 32.9. The standard InChI is InChI=1S/C27H40N2O3/c1-5-6-7-8-11-32-22-10-9-20(12-23(22)31-4)16-28-29-24(30)27-15-21-13-25(2,18-27)17-26(3,14-21)19-27/h9-10,12,16,21H,5-8,11,13-15,17-19H2,1-4H3,(H,29,30)/b28-16+. The van der Waals surface area contributed by atoms with E-state index in [1.165, 1.54) is 38.5 Å². The molecule has 5 heteroatoms. The lowest BCUT2D eigenvalue weighted by molar-refractivity contribution is -0.170. The first-order chi connectivity index (χ1) is 15.3. The molecule has 0 radical (unpaired) electrons. The van der Waals surface area contributed by atoms with E-state index in [0.29, 0.717) is 29.1 Å². The summed E-state index contributed by atoms with van der Waals surface area (Å²) >= 11 is 0. The molecule has 5 nitrogen and oxygen atoms in total. The van der Waals surface area contributed by atoms with Gasteiger partial charge in [0.1, 0.15) is 0 Å². The predicted octanol–water partition coefficient (Wildman–Crippen LogP) is 6.10. The Bertz CT molecular complexity index is 846. The van der Waals surface area contributed by atoms with Gasteiger partial charge < -0.3 is 9.47 Å². The Labute approximate surface area is 193 Å². The van der Waals surface area contributed by atoms with Crippen LogP contribution in [0.3, 0.4) is 0 Å². The predicted molar refractivity (Wildman–Crippen MR) is 128 cm³/mol. The average molecular weight is 441 g/mol. The zero-order chi connectivity index (χ0) is 22.8. The average Bonchev–Trinajstić information content (AvgIpc) is 2.71. The minimum absolute atomic E-state index is 0.106. The fourth-order valence-electron chi connectivity index (χ4n) is 7.58. The summed E-state index contributed by atoms with van der Waals surface area (Å²) in [7, 11) is 1.65. The first kappa shape index (κ1) is 23.1. The molecule has 0 saturated heterocycles. The molecule has 0 aliphatic heterocycles. The van der Waals surface area contributed by atoms with Crippen molar-refractivity contribution in [2.45, 2.75) is 85.0 Å². The fraction of sp³-hybridized carbons (Fsp3) is 0.704. The van der Waals surface area contributed by atoms with Crippen molar-refractivity contribution in [1.29, 1.82) is 0 Å². The summed E-state index contributed by atoms with van der Waals surface area (Å²) in [5.41, 5.74) is 4.15. The van der Waals surface area contributed by atoms with Gasteiger partial charge in [0.05, 0.1) is 25.3 Å². The number of hydrazone groups is 1. The van der Waals surface area contributed by atoms with Crippen LogP contribution in [0.4, 0.5) is 0 Å². The monoisotopic (exact) mass is 440 g/mol. The number of ether oxygens (including phenoxy) is 2. The number of methoxy groups -OCH3 is 1. The fourth-order valence-corrected chi connectivity index (χ4v) is 7.58. The second-order valence-corrected chi connectivity index (χ2v) is 11.4. The summed E-state index contributed by atoms with van der Waals surface area (Å²) in [5, 5.41) is 4.32. The second-order valence-electron chi connectivity index (χ2n) is 11.4. The van der Waals surface area contributed by atoms with Crippen LogP contribution < -0.4 is 14.9 Å². The van der Waals surface area contributed by atoms with Crippen LogP contribution in [0.5, 0.6) is 11.5 Å². The molecule has 1 amide bonds. The topological polar surface area (TPSA) is 59.9 Å². The molecule has 1 N–H and O–H groups in total. The van der Waals surface area contributed by atoms with Gasteiger partial charge >= 0.3 is 0 Å². The van der Waals surface area contributed by atoms with Gasteiger partial charge in [0.2, 0.25) is 5.91 Å². The maximum absolute atomic E-state index is 13.3. The van der Waals surface area contributed by atoms with Gasteiger partial charge in [0, 0.05) is 0 Å². The third kappa shape index (κ3) is 4.82. The third-order valence-electron chi connectivity index (χ3n) is 7.93. The van der Waals surface area contributed by atoms with E-state index in [2.05, 4.69) is 31.3 Å². The minimum Gasteiger partial charge on any atom is -0.493 e. The van der Waals surface area contributed by atoms with Gasteiger partial charge in [-0.25, -0.2) is 5.43 Å². The molecule has 0 aromatic heterocycles. The molecule has 2 unspecified atom stereocenters. The highest BCUT2D eigenvalue weighted by molar-refractivity contribution is 5.86. The Kier molecular flexibility index (Phi) is 6.56. The van der Waals surface area contributed by atoms with E-state index < -0.39 is 0 Å². The number of benzene rings is 1. The molecule has 176 valence electrons. The van der Waals surface area contributed by atoms with Crippen molar-refractivity contribution in [1.82, 2.24) is 5.43 Å². The van der Waals surface area contributed by atoms with E-state index in [0.717, 1.165) is 37.0 Å². The molecular formula is C27H40N2O3. The van der Waals surface area contributed by atoms with Gasteiger partial charge in [0.25, 0.3) is 0 Å². The zero-order valence-electron chi connectivity index (χ0n) is 20.3. The van der Waals surface area contributed by atoms with Crippen molar-refractivity contribution in [3.63, 3.8) is 0 Å². The van der Waals surface area contributed by atoms with Crippen LogP contribution >= 0.6 is 0 Å². The summed E-state index contributed by atoms with van der Waals surface area (Å²) in [6.45, 7) is 7.68. The van der Waals surface area contributed by atoms with E-state index in [4.69, 9.17) is 9.47 Å². The number of nitrogens with one attached hydrogen (secondary N) is 1. The van der Waals surface area contributed by atoms with Crippen molar-refractivity contribution < 1.29 is 14.3 Å². The number of carbonyl (C=O) groups excluding carboxylic acids is 1.